The summed E-state index contributed by atoms with van der Waals surface area (Å²) < 4.78 is 7.00. The SMILES string of the molecule is C=P(C)(C)CC[C@H]1O[C@@H](n2cnc3c(=O)[nH]c(C)nc32)C(O)(O)[C@@H]1O. The first-order valence-corrected chi connectivity index (χ1v) is 10.9. The van der Waals surface area contributed by atoms with E-state index < -0.39 is 36.7 Å². The molecule has 0 unspecified atom stereocenters. The zero-order chi connectivity index (χ0) is 18.6. The van der Waals surface area contributed by atoms with Crippen molar-refractivity contribution in [3.63, 3.8) is 0 Å². The van der Waals surface area contributed by atoms with Crippen molar-refractivity contribution in [1.82, 2.24) is 19.5 Å². The van der Waals surface area contributed by atoms with Crippen LogP contribution in [-0.4, -0.2) is 78.6 Å². The molecule has 1 fully saturated rings. The lowest BCUT2D eigenvalue weighted by molar-refractivity contribution is -0.247. The molecule has 9 nitrogen and oxygen atoms in total. The van der Waals surface area contributed by atoms with Crippen molar-refractivity contribution in [2.75, 3.05) is 19.5 Å². The second kappa shape index (κ2) is 6.03. The Hall–Kier alpha value is -1.51. The summed E-state index contributed by atoms with van der Waals surface area (Å²) >= 11 is 0. The number of fused-ring (bicyclic) bond motifs is 1. The summed E-state index contributed by atoms with van der Waals surface area (Å²) in [5.74, 6) is -2.17. The van der Waals surface area contributed by atoms with E-state index in [2.05, 4.69) is 34.6 Å². The number of ether oxygens (including phenoxy) is 1. The molecule has 2 aromatic heterocycles. The molecular weight excluding hydrogens is 347 g/mol. The molecule has 2 aromatic rings. The fourth-order valence-corrected chi connectivity index (χ4v) is 3.89. The maximum absolute atomic E-state index is 11.9. The molecule has 0 bridgehead atoms. The smallest absolute Gasteiger partial charge is 0.279 e. The van der Waals surface area contributed by atoms with Gasteiger partial charge in [-0.2, -0.15) is 0 Å². The Morgan fingerprint density at radius 3 is 2.80 bits per heavy atom. The lowest BCUT2D eigenvalue weighted by atomic mass is 10.1. The highest BCUT2D eigenvalue weighted by molar-refractivity contribution is 7.72. The van der Waals surface area contributed by atoms with Crippen LogP contribution in [0.4, 0.5) is 0 Å². The van der Waals surface area contributed by atoms with Crippen LogP contribution in [0, 0.1) is 6.92 Å². The van der Waals surface area contributed by atoms with Gasteiger partial charge in [-0.1, -0.05) is 0 Å². The molecule has 138 valence electrons. The molecule has 3 rings (SSSR count). The predicted molar refractivity (Wildman–Crippen MR) is 95.3 cm³/mol. The maximum atomic E-state index is 11.9. The van der Waals surface area contributed by atoms with Gasteiger partial charge in [0.05, 0.1) is 12.4 Å². The predicted octanol–water partition coefficient (Wildman–Crippen LogP) is -0.533. The van der Waals surface area contributed by atoms with E-state index in [0.717, 1.165) is 6.16 Å². The number of nitrogens with one attached hydrogen (secondary N) is 1. The van der Waals surface area contributed by atoms with Crippen molar-refractivity contribution in [1.29, 1.82) is 0 Å². The Morgan fingerprint density at radius 2 is 2.16 bits per heavy atom. The summed E-state index contributed by atoms with van der Waals surface area (Å²) in [6.45, 7) is 4.37. The molecule has 0 amide bonds. The lowest BCUT2D eigenvalue weighted by Gasteiger charge is -2.25. The third kappa shape index (κ3) is 3.30. The fraction of sp³-hybridized carbons (Fsp3) is 0.600. The Morgan fingerprint density at radius 1 is 1.48 bits per heavy atom. The second-order valence-electron chi connectivity index (χ2n) is 7.18. The van der Waals surface area contributed by atoms with E-state index in [-0.39, 0.29) is 11.2 Å². The zero-order valence-corrected chi connectivity index (χ0v) is 15.3. The van der Waals surface area contributed by atoms with E-state index in [0.29, 0.717) is 12.2 Å². The quantitative estimate of drug-likeness (QED) is 0.420. The van der Waals surface area contributed by atoms with Crippen molar-refractivity contribution < 1.29 is 20.1 Å². The number of H-pyrrole nitrogens is 1. The van der Waals surface area contributed by atoms with Crippen LogP contribution < -0.4 is 5.56 Å². The number of hydrogen-bond donors (Lipinski definition) is 4. The van der Waals surface area contributed by atoms with Gasteiger partial charge in [-0.05, 0) is 32.8 Å². The molecule has 0 aromatic carbocycles. The van der Waals surface area contributed by atoms with E-state index in [4.69, 9.17) is 4.74 Å². The number of aliphatic hydroxyl groups is 3. The fourth-order valence-electron chi connectivity index (χ4n) is 2.94. The Labute approximate surface area is 144 Å². The molecule has 10 heteroatoms. The maximum Gasteiger partial charge on any atom is 0.279 e. The summed E-state index contributed by atoms with van der Waals surface area (Å²) in [6, 6.07) is 0. The number of aryl methyl sites for hydroxylation is 1. The van der Waals surface area contributed by atoms with Gasteiger partial charge < -0.3 is 25.0 Å². The van der Waals surface area contributed by atoms with Gasteiger partial charge in [0.25, 0.3) is 5.56 Å². The standard InChI is InChI=1S/C15H23N4O5P/c1-8-17-12-10(13(21)18-8)16-7-19(12)14-15(22,23)11(20)9(24-14)5-6-25(2,3)4/h7,9,11,14,20,22-23H,2,5-6H2,1,3-4H3,(H,17,18,21)/t9-,11-,14-/m1/s1. The number of aromatic amines is 1. The van der Waals surface area contributed by atoms with Crippen LogP contribution in [0.1, 0.15) is 18.5 Å². The van der Waals surface area contributed by atoms with E-state index in [1.165, 1.54) is 10.9 Å². The summed E-state index contributed by atoms with van der Waals surface area (Å²) in [7, 11) is 0. The van der Waals surface area contributed by atoms with E-state index in [1.54, 1.807) is 6.92 Å². The van der Waals surface area contributed by atoms with Gasteiger partial charge in [0.15, 0.2) is 17.4 Å². The highest BCUT2D eigenvalue weighted by Crippen LogP contribution is 2.42. The topological polar surface area (TPSA) is 133 Å². The van der Waals surface area contributed by atoms with E-state index in [9.17, 15) is 20.1 Å². The normalized spacial score (nSPS) is 26.4. The molecule has 0 aliphatic carbocycles. The van der Waals surface area contributed by atoms with Crippen LogP contribution in [0.25, 0.3) is 11.2 Å². The summed E-state index contributed by atoms with van der Waals surface area (Å²) in [5, 5.41) is 31.1. The van der Waals surface area contributed by atoms with Gasteiger partial charge in [0, 0.05) is 0 Å². The van der Waals surface area contributed by atoms with E-state index >= 15 is 0 Å². The molecule has 1 aliphatic heterocycles. The molecule has 1 aliphatic rings. The van der Waals surface area contributed by atoms with Crippen LogP contribution in [0.15, 0.2) is 11.1 Å². The van der Waals surface area contributed by atoms with Gasteiger partial charge >= 0.3 is 0 Å². The van der Waals surface area contributed by atoms with Crippen molar-refractivity contribution in [2.45, 2.75) is 37.6 Å². The number of rotatable bonds is 4. The minimum Gasteiger partial charge on any atom is -0.385 e. The third-order valence-corrected chi connectivity index (χ3v) is 5.75. The number of imidazole rings is 1. The van der Waals surface area contributed by atoms with Crippen molar-refractivity contribution >= 4 is 24.3 Å². The summed E-state index contributed by atoms with van der Waals surface area (Å²) in [5.41, 5.74) is -0.203. The van der Waals surface area contributed by atoms with Gasteiger partial charge in [0.1, 0.15) is 11.9 Å². The molecule has 3 heterocycles. The third-order valence-electron chi connectivity index (χ3n) is 4.28. The van der Waals surface area contributed by atoms with Crippen LogP contribution >= 0.6 is 6.89 Å². The van der Waals surface area contributed by atoms with Crippen LogP contribution in [0.2, 0.25) is 0 Å². The molecule has 4 N–H and O–H groups in total. The minimum atomic E-state index is -2.53. The number of hydrogen-bond acceptors (Lipinski definition) is 7. The first-order valence-electron chi connectivity index (χ1n) is 7.90. The Kier molecular flexibility index (Phi) is 4.41. The van der Waals surface area contributed by atoms with E-state index in [1.807, 2.05) is 0 Å². The molecule has 3 atom stereocenters. The Balaban J connectivity index is 1.97. The zero-order valence-electron chi connectivity index (χ0n) is 14.4. The minimum absolute atomic E-state index is 0.0627. The van der Waals surface area contributed by atoms with Crippen LogP contribution in [0.5, 0.6) is 0 Å². The summed E-state index contributed by atoms with van der Waals surface area (Å²) in [4.78, 5) is 22.6. The van der Waals surface area contributed by atoms with Crippen LogP contribution in [0.3, 0.4) is 0 Å². The Bertz CT molecular complexity index is 899. The van der Waals surface area contributed by atoms with Crippen molar-refractivity contribution in [2.24, 2.45) is 0 Å². The molecule has 25 heavy (non-hydrogen) atoms. The van der Waals surface area contributed by atoms with Crippen LogP contribution in [-0.2, 0) is 4.74 Å². The van der Waals surface area contributed by atoms with Gasteiger partial charge in [-0.3, -0.25) is 9.36 Å². The summed E-state index contributed by atoms with van der Waals surface area (Å²) in [6.07, 6.45) is 2.97. The molecule has 1 saturated heterocycles. The second-order valence-corrected chi connectivity index (χ2v) is 11.5. The average molecular weight is 370 g/mol. The van der Waals surface area contributed by atoms with Gasteiger partial charge in [-0.25, -0.2) is 9.97 Å². The first kappa shape index (κ1) is 18.3. The first-order chi connectivity index (χ1) is 11.5. The lowest BCUT2D eigenvalue weighted by Crippen LogP contribution is -2.46. The van der Waals surface area contributed by atoms with Crippen molar-refractivity contribution in [3.05, 3.63) is 22.5 Å². The molecule has 0 saturated carbocycles. The van der Waals surface area contributed by atoms with Gasteiger partial charge in [0.2, 0.25) is 5.79 Å². The number of aliphatic hydroxyl groups excluding tert-OH is 1. The van der Waals surface area contributed by atoms with Crippen molar-refractivity contribution in [3.8, 4) is 0 Å². The molecule has 0 radical (unpaired) electrons. The number of nitrogens with zero attached hydrogens (tertiary/aromatic N) is 3. The molecule has 0 spiro atoms. The highest BCUT2D eigenvalue weighted by atomic mass is 31.2. The molecular formula is C15H23N4O5P. The number of aromatic nitrogens is 4. The average Bonchev–Trinajstić information content (AvgIpc) is 2.97. The monoisotopic (exact) mass is 370 g/mol. The largest absolute Gasteiger partial charge is 0.385 e. The van der Waals surface area contributed by atoms with Gasteiger partial charge in [-0.15, -0.1) is 13.2 Å². The highest BCUT2D eigenvalue weighted by Gasteiger charge is 2.55.